The zero-order chi connectivity index (χ0) is 13.3. The molecule has 0 radical (unpaired) electrons. The molecule has 5 nitrogen and oxygen atoms in total. The molecular formula is C12H15NO4S. The van der Waals surface area contributed by atoms with E-state index in [1.54, 1.807) is 12.1 Å². The number of fused-ring (bicyclic) bond motifs is 1. The lowest BCUT2D eigenvalue weighted by molar-refractivity contribution is -0.136. The van der Waals surface area contributed by atoms with E-state index in [4.69, 9.17) is 5.11 Å². The first kappa shape index (κ1) is 12.9. The minimum Gasteiger partial charge on any atom is -0.481 e. The maximum atomic E-state index is 12.2. The van der Waals surface area contributed by atoms with E-state index in [0.29, 0.717) is 12.1 Å². The molecular weight excluding hydrogens is 254 g/mol. The summed E-state index contributed by atoms with van der Waals surface area (Å²) in [4.78, 5) is 10.5. The summed E-state index contributed by atoms with van der Waals surface area (Å²) in [7, 11) is -3.57. The van der Waals surface area contributed by atoms with Gasteiger partial charge in [0.15, 0.2) is 0 Å². The van der Waals surface area contributed by atoms with Gasteiger partial charge in [0.2, 0.25) is 10.0 Å². The normalized spacial score (nSPS) is 18.7. The van der Waals surface area contributed by atoms with E-state index in [1.807, 2.05) is 19.1 Å². The van der Waals surface area contributed by atoms with Crippen molar-refractivity contribution in [2.75, 3.05) is 10.1 Å². The molecule has 1 aromatic rings. The van der Waals surface area contributed by atoms with E-state index in [9.17, 15) is 13.2 Å². The summed E-state index contributed by atoms with van der Waals surface area (Å²) in [5.41, 5.74) is 1.67. The molecule has 2 rings (SSSR count). The number of hydrogen-bond acceptors (Lipinski definition) is 3. The Bertz CT molecular complexity index is 567. The summed E-state index contributed by atoms with van der Waals surface area (Å²) < 4.78 is 25.7. The molecule has 0 saturated heterocycles. The quantitative estimate of drug-likeness (QED) is 0.892. The van der Waals surface area contributed by atoms with Crippen LogP contribution in [0.2, 0.25) is 0 Å². The largest absolute Gasteiger partial charge is 0.481 e. The van der Waals surface area contributed by atoms with E-state index in [2.05, 4.69) is 0 Å². The molecule has 0 fully saturated rings. The third-order valence-electron chi connectivity index (χ3n) is 3.02. The molecule has 1 atom stereocenters. The number of nitrogens with zero attached hydrogens (tertiary/aromatic N) is 1. The van der Waals surface area contributed by atoms with Crippen molar-refractivity contribution >= 4 is 21.7 Å². The zero-order valence-electron chi connectivity index (χ0n) is 10.0. The molecule has 1 N–H and O–H groups in total. The molecule has 1 aromatic carbocycles. The van der Waals surface area contributed by atoms with Gasteiger partial charge in [-0.25, -0.2) is 8.42 Å². The first-order valence-corrected chi connectivity index (χ1v) is 7.34. The second-order valence-corrected chi connectivity index (χ2v) is 6.40. The Morgan fingerprint density at radius 2 is 2.11 bits per heavy atom. The van der Waals surface area contributed by atoms with Gasteiger partial charge in [-0.3, -0.25) is 9.10 Å². The van der Waals surface area contributed by atoms with E-state index in [-0.39, 0.29) is 18.2 Å². The summed E-state index contributed by atoms with van der Waals surface area (Å²) >= 11 is 0. The molecule has 1 heterocycles. The van der Waals surface area contributed by atoms with Crippen molar-refractivity contribution in [1.29, 1.82) is 0 Å². The van der Waals surface area contributed by atoms with Crippen molar-refractivity contribution in [1.82, 2.24) is 0 Å². The number of aliphatic carboxylic acids is 1. The first-order valence-electron chi connectivity index (χ1n) is 5.73. The molecule has 1 aliphatic rings. The second kappa shape index (κ2) is 4.61. The van der Waals surface area contributed by atoms with Crippen LogP contribution in [0.25, 0.3) is 0 Å². The van der Waals surface area contributed by atoms with Crippen molar-refractivity contribution in [2.45, 2.75) is 25.8 Å². The molecule has 0 spiro atoms. The second-order valence-electron chi connectivity index (χ2n) is 4.44. The third kappa shape index (κ3) is 2.33. The van der Waals surface area contributed by atoms with Gasteiger partial charge in [0.05, 0.1) is 17.9 Å². The van der Waals surface area contributed by atoms with Gasteiger partial charge in [0.1, 0.15) is 0 Å². The molecule has 0 aromatic heterocycles. The maximum absolute atomic E-state index is 12.2. The Hall–Kier alpha value is -1.56. The fourth-order valence-electron chi connectivity index (χ4n) is 2.28. The van der Waals surface area contributed by atoms with Gasteiger partial charge in [-0.15, -0.1) is 0 Å². The number of carboxylic acid groups (broad SMARTS) is 1. The van der Waals surface area contributed by atoms with Crippen LogP contribution in [0.5, 0.6) is 0 Å². The van der Waals surface area contributed by atoms with Crippen molar-refractivity contribution in [3.05, 3.63) is 29.8 Å². The molecule has 6 heteroatoms. The first-order chi connectivity index (χ1) is 8.42. The average molecular weight is 269 g/mol. The number of carbonyl (C=O) groups is 1. The van der Waals surface area contributed by atoms with E-state index in [1.165, 1.54) is 4.31 Å². The lowest BCUT2D eigenvalue weighted by Crippen LogP contribution is -2.37. The van der Waals surface area contributed by atoms with Gasteiger partial charge in [-0.2, -0.15) is 0 Å². The van der Waals surface area contributed by atoms with Gasteiger partial charge < -0.3 is 5.11 Å². The van der Waals surface area contributed by atoms with Crippen molar-refractivity contribution in [3.63, 3.8) is 0 Å². The highest BCUT2D eigenvalue weighted by Crippen LogP contribution is 2.34. The minimum absolute atomic E-state index is 0.152. The van der Waals surface area contributed by atoms with Crippen LogP contribution in [0.3, 0.4) is 0 Å². The van der Waals surface area contributed by atoms with Gasteiger partial charge in [0, 0.05) is 6.04 Å². The Balaban J connectivity index is 2.30. The summed E-state index contributed by atoms with van der Waals surface area (Å²) in [6.45, 7) is 1.83. The van der Waals surface area contributed by atoms with Crippen LogP contribution in [0.15, 0.2) is 24.3 Å². The Morgan fingerprint density at radius 3 is 2.78 bits per heavy atom. The molecule has 0 bridgehead atoms. The predicted molar refractivity (Wildman–Crippen MR) is 68.1 cm³/mol. The van der Waals surface area contributed by atoms with Crippen LogP contribution in [-0.4, -0.2) is 31.3 Å². The minimum atomic E-state index is -3.57. The van der Waals surface area contributed by atoms with E-state index < -0.39 is 16.0 Å². The Kier molecular flexibility index (Phi) is 3.30. The number of carboxylic acids is 1. The van der Waals surface area contributed by atoms with Crippen LogP contribution in [-0.2, 0) is 21.2 Å². The highest BCUT2D eigenvalue weighted by atomic mass is 32.2. The lowest BCUT2D eigenvalue weighted by Gasteiger charge is -2.24. The molecule has 0 amide bonds. The number of hydrogen-bond donors (Lipinski definition) is 1. The van der Waals surface area contributed by atoms with Crippen molar-refractivity contribution < 1.29 is 18.3 Å². The van der Waals surface area contributed by atoms with Crippen LogP contribution in [0.4, 0.5) is 5.69 Å². The van der Waals surface area contributed by atoms with Crippen molar-refractivity contribution in [2.24, 2.45) is 0 Å². The van der Waals surface area contributed by atoms with Gasteiger partial charge >= 0.3 is 5.97 Å². The molecule has 1 aliphatic heterocycles. The number of rotatable bonds is 4. The van der Waals surface area contributed by atoms with Crippen LogP contribution >= 0.6 is 0 Å². The molecule has 1 unspecified atom stereocenters. The molecule has 98 valence electrons. The zero-order valence-corrected chi connectivity index (χ0v) is 10.9. The summed E-state index contributed by atoms with van der Waals surface area (Å²) in [5, 5.41) is 8.60. The molecule has 0 saturated carbocycles. The SMILES string of the molecule is CC1Cc2ccccc2N1S(=O)(=O)CCC(=O)O. The fourth-order valence-corrected chi connectivity index (χ4v) is 4.01. The standard InChI is InChI=1S/C12H15NO4S/c1-9-8-10-4-2-3-5-11(10)13(9)18(16,17)7-6-12(14)15/h2-5,9H,6-8H2,1H3,(H,14,15). The Labute approximate surface area is 106 Å². The fraction of sp³-hybridized carbons (Fsp3) is 0.417. The third-order valence-corrected chi connectivity index (χ3v) is 4.89. The number of benzene rings is 1. The molecule has 18 heavy (non-hydrogen) atoms. The van der Waals surface area contributed by atoms with E-state index >= 15 is 0 Å². The number of sulfonamides is 1. The van der Waals surface area contributed by atoms with Crippen LogP contribution in [0.1, 0.15) is 18.9 Å². The van der Waals surface area contributed by atoms with Crippen LogP contribution in [0, 0.1) is 0 Å². The Morgan fingerprint density at radius 1 is 1.44 bits per heavy atom. The van der Waals surface area contributed by atoms with E-state index in [0.717, 1.165) is 5.56 Å². The van der Waals surface area contributed by atoms with Crippen molar-refractivity contribution in [3.8, 4) is 0 Å². The van der Waals surface area contributed by atoms with Crippen LogP contribution < -0.4 is 4.31 Å². The van der Waals surface area contributed by atoms with Gasteiger partial charge in [-0.1, -0.05) is 18.2 Å². The maximum Gasteiger partial charge on any atom is 0.304 e. The summed E-state index contributed by atoms with van der Waals surface area (Å²) in [6, 6.07) is 7.17. The number of para-hydroxylation sites is 1. The topological polar surface area (TPSA) is 74.7 Å². The highest BCUT2D eigenvalue weighted by Gasteiger charge is 2.34. The monoisotopic (exact) mass is 269 g/mol. The highest BCUT2D eigenvalue weighted by molar-refractivity contribution is 7.92. The lowest BCUT2D eigenvalue weighted by atomic mass is 10.1. The predicted octanol–water partition coefficient (Wildman–Crippen LogP) is 1.24. The van der Waals surface area contributed by atoms with Gasteiger partial charge in [0.25, 0.3) is 0 Å². The summed E-state index contributed by atoms with van der Waals surface area (Å²) in [5.74, 6) is -1.46. The smallest absolute Gasteiger partial charge is 0.304 e. The number of anilines is 1. The average Bonchev–Trinajstić information content (AvgIpc) is 2.63. The van der Waals surface area contributed by atoms with Gasteiger partial charge in [-0.05, 0) is 25.0 Å². The molecule has 0 aliphatic carbocycles. The summed E-state index contributed by atoms with van der Waals surface area (Å²) in [6.07, 6.45) is 0.302.